The monoisotopic (exact) mass is 498 g/mol. The van der Waals surface area contributed by atoms with Gasteiger partial charge in [-0.15, -0.1) is 11.3 Å². The molecule has 5 rings (SSSR count). The maximum atomic E-state index is 13.8. The maximum Gasteiger partial charge on any atom is 0.254 e. The van der Waals surface area contributed by atoms with Gasteiger partial charge in [-0.1, -0.05) is 54.6 Å². The van der Waals surface area contributed by atoms with Gasteiger partial charge in [0, 0.05) is 30.6 Å². The average Bonchev–Trinajstić information content (AvgIpc) is 3.39. The van der Waals surface area contributed by atoms with Crippen molar-refractivity contribution in [3.05, 3.63) is 105 Å². The van der Waals surface area contributed by atoms with Crippen molar-refractivity contribution in [3.63, 3.8) is 0 Å². The highest BCUT2D eigenvalue weighted by Gasteiger charge is 2.34. The van der Waals surface area contributed by atoms with Crippen LogP contribution >= 0.6 is 11.3 Å². The number of carbonyl (C=O) groups excluding carboxylic acids is 2. The topological polar surface area (TPSA) is 49.9 Å². The number of thiophene rings is 1. The summed E-state index contributed by atoms with van der Waals surface area (Å²) in [6.07, 6.45) is 0.831. The van der Waals surface area contributed by atoms with Crippen LogP contribution in [0.5, 0.6) is 0 Å². The molecule has 0 fully saturated rings. The molecule has 0 aliphatic carbocycles. The first-order valence-electron chi connectivity index (χ1n) is 12.2. The Morgan fingerprint density at radius 3 is 2.58 bits per heavy atom. The van der Waals surface area contributed by atoms with Gasteiger partial charge < -0.3 is 14.5 Å². The van der Waals surface area contributed by atoms with Crippen LogP contribution in [-0.2, 0) is 16.0 Å². The zero-order valence-electron chi connectivity index (χ0n) is 20.6. The molecule has 184 valence electrons. The molecule has 0 saturated heterocycles. The fourth-order valence-electron chi connectivity index (χ4n) is 5.03. The number of methoxy groups -OCH3 is 1. The minimum Gasteiger partial charge on any atom is -0.383 e. The quantitative estimate of drug-likeness (QED) is 0.339. The molecule has 1 aliphatic rings. The van der Waals surface area contributed by atoms with Crippen LogP contribution in [-0.4, -0.2) is 55.0 Å². The molecule has 0 N–H and O–H groups in total. The Morgan fingerprint density at radius 1 is 1.00 bits per heavy atom. The predicted molar refractivity (Wildman–Crippen MR) is 144 cm³/mol. The van der Waals surface area contributed by atoms with Crippen LogP contribution < -0.4 is 0 Å². The van der Waals surface area contributed by atoms with E-state index >= 15 is 0 Å². The van der Waals surface area contributed by atoms with Gasteiger partial charge in [-0.3, -0.25) is 9.59 Å². The van der Waals surface area contributed by atoms with Crippen molar-refractivity contribution in [2.45, 2.75) is 19.4 Å². The van der Waals surface area contributed by atoms with Crippen molar-refractivity contribution >= 4 is 33.9 Å². The number of aryl methyl sites for hydroxylation is 1. The normalized spacial score (nSPS) is 15.1. The van der Waals surface area contributed by atoms with Crippen molar-refractivity contribution in [3.8, 4) is 0 Å². The van der Waals surface area contributed by atoms with Gasteiger partial charge in [0.1, 0.15) is 6.54 Å². The van der Waals surface area contributed by atoms with E-state index in [-0.39, 0.29) is 24.4 Å². The van der Waals surface area contributed by atoms with E-state index in [1.807, 2.05) is 59.5 Å². The lowest BCUT2D eigenvalue weighted by molar-refractivity contribution is -0.134. The summed E-state index contributed by atoms with van der Waals surface area (Å²) in [7, 11) is 1.61. The van der Waals surface area contributed by atoms with Gasteiger partial charge in [0.15, 0.2) is 0 Å². The molecule has 4 aromatic rings. The number of fused-ring (bicyclic) bond motifs is 2. The van der Waals surface area contributed by atoms with Crippen LogP contribution in [0.2, 0.25) is 0 Å². The van der Waals surface area contributed by atoms with Crippen molar-refractivity contribution in [1.29, 1.82) is 0 Å². The third-order valence-electron chi connectivity index (χ3n) is 6.94. The summed E-state index contributed by atoms with van der Waals surface area (Å²) < 4.78 is 5.28. The van der Waals surface area contributed by atoms with E-state index in [0.717, 1.165) is 28.3 Å². The molecule has 0 bridgehead atoms. The van der Waals surface area contributed by atoms with Crippen LogP contribution in [0.25, 0.3) is 10.8 Å². The number of amides is 2. The summed E-state index contributed by atoms with van der Waals surface area (Å²) in [5, 5.41) is 4.19. The van der Waals surface area contributed by atoms with Crippen molar-refractivity contribution < 1.29 is 14.3 Å². The van der Waals surface area contributed by atoms with E-state index in [2.05, 4.69) is 30.5 Å². The molecule has 1 unspecified atom stereocenters. The molecule has 3 aromatic carbocycles. The van der Waals surface area contributed by atoms with E-state index in [0.29, 0.717) is 25.3 Å². The molecule has 5 nitrogen and oxygen atoms in total. The predicted octanol–water partition coefficient (Wildman–Crippen LogP) is 5.47. The van der Waals surface area contributed by atoms with Gasteiger partial charge in [0.05, 0.1) is 12.6 Å². The largest absolute Gasteiger partial charge is 0.383 e. The lowest BCUT2D eigenvalue weighted by Gasteiger charge is -2.38. The van der Waals surface area contributed by atoms with Gasteiger partial charge in [-0.2, -0.15) is 0 Å². The Kier molecular flexibility index (Phi) is 7.16. The van der Waals surface area contributed by atoms with E-state index in [4.69, 9.17) is 4.74 Å². The summed E-state index contributed by atoms with van der Waals surface area (Å²) in [5.74, 6) is -0.211. The minimum absolute atomic E-state index is 0.0108. The molecule has 0 radical (unpaired) electrons. The van der Waals surface area contributed by atoms with Crippen LogP contribution in [0.1, 0.15) is 38.0 Å². The Morgan fingerprint density at radius 2 is 1.78 bits per heavy atom. The Labute approximate surface area is 215 Å². The average molecular weight is 499 g/mol. The highest BCUT2D eigenvalue weighted by Crippen LogP contribution is 2.39. The first-order chi connectivity index (χ1) is 17.6. The van der Waals surface area contributed by atoms with Gasteiger partial charge in [-0.25, -0.2) is 0 Å². The van der Waals surface area contributed by atoms with Crippen LogP contribution in [0.3, 0.4) is 0 Å². The summed E-state index contributed by atoms with van der Waals surface area (Å²) in [6, 6.07) is 23.9. The molecule has 1 aliphatic heterocycles. The first-order valence-corrected chi connectivity index (χ1v) is 13.1. The molecule has 6 heteroatoms. The van der Waals surface area contributed by atoms with Gasteiger partial charge >= 0.3 is 0 Å². The van der Waals surface area contributed by atoms with Crippen molar-refractivity contribution in [2.24, 2.45) is 0 Å². The summed E-state index contributed by atoms with van der Waals surface area (Å²) in [6.45, 7) is 3.44. The van der Waals surface area contributed by atoms with Crippen molar-refractivity contribution in [2.75, 3.05) is 33.4 Å². The molecule has 36 heavy (non-hydrogen) atoms. The summed E-state index contributed by atoms with van der Waals surface area (Å²) in [5.41, 5.74) is 4.06. The smallest absolute Gasteiger partial charge is 0.254 e. The number of hydrogen-bond donors (Lipinski definition) is 0. The number of hydrogen-bond acceptors (Lipinski definition) is 4. The molecule has 0 spiro atoms. The second-order valence-corrected chi connectivity index (χ2v) is 10.2. The number of benzene rings is 3. The molecular formula is C30H30N2O3S. The van der Waals surface area contributed by atoms with E-state index < -0.39 is 0 Å². The fraction of sp³-hybridized carbons (Fsp3) is 0.267. The zero-order chi connectivity index (χ0) is 25.1. The fourth-order valence-corrected chi connectivity index (χ4v) is 5.93. The summed E-state index contributed by atoms with van der Waals surface area (Å²) in [4.78, 5) is 32.3. The Hall–Kier alpha value is -3.48. The minimum atomic E-state index is -0.160. The zero-order valence-corrected chi connectivity index (χ0v) is 21.5. The molecule has 0 saturated carbocycles. The Balaban J connectivity index is 1.44. The summed E-state index contributed by atoms with van der Waals surface area (Å²) >= 11 is 1.75. The second-order valence-electron chi connectivity index (χ2n) is 9.18. The molecule has 1 atom stereocenters. The molecule has 2 amide bonds. The standard InChI is InChI=1S/C30H30N2O3S/c1-21-7-3-6-10-25(21)29-26-14-18-36-27(26)13-15-32(29)28(33)20-31(16-17-35-2)30(34)24-12-11-22-8-4-5-9-23(22)19-24/h3-12,14,18-19,29H,13,15-17,20H2,1-2H3. The van der Waals surface area contributed by atoms with E-state index in [1.165, 1.54) is 10.4 Å². The third-order valence-corrected chi connectivity index (χ3v) is 7.94. The van der Waals surface area contributed by atoms with E-state index in [9.17, 15) is 9.59 Å². The number of carbonyl (C=O) groups is 2. The van der Waals surface area contributed by atoms with Gasteiger partial charge in [0.25, 0.3) is 5.91 Å². The van der Waals surface area contributed by atoms with Gasteiger partial charge in [-0.05, 0) is 64.4 Å². The van der Waals surface area contributed by atoms with Crippen LogP contribution in [0.15, 0.2) is 78.2 Å². The number of rotatable bonds is 7. The van der Waals surface area contributed by atoms with Crippen LogP contribution in [0, 0.1) is 6.92 Å². The SMILES string of the molecule is COCCN(CC(=O)N1CCc2sccc2C1c1ccccc1C)C(=O)c1ccc2ccccc2c1. The number of ether oxygens (including phenoxy) is 1. The highest BCUT2D eigenvalue weighted by molar-refractivity contribution is 7.10. The molecular weight excluding hydrogens is 468 g/mol. The highest BCUT2D eigenvalue weighted by atomic mass is 32.1. The second kappa shape index (κ2) is 10.6. The third kappa shape index (κ3) is 4.79. The maximum absolute atomic E-state index is 13.8. The van der Waals surface area contributed by atoms with Gasteiger partial charge in [0.2, 0.25) is 5.91 Å². The van der Waals surface area contributed by atoms with E-state index in [1.54, 1.807) is 23.3 Å². The lowest BCUT2D eigenvalue weighted by atomic mass is 9.90. The first kappa shape index (κ1) is 24.2. The molecule has 2 heterocycles. The number of nitrogens with zero attached hydrogens (tertiary/aromatic N) is 2. The molecule has 1 aromatic heterocycles. The van der Waals surface area contributed by atoms with Crippen molar-refractivity contribution in [1.82, 2.24) is 9.80 Å². The van der Waals surface area contributed by atoms with Crippen LogP contribution in [0.4, 0.5) is 0 Å². The Bertz CT molecular complexity index is 1400. The lowest BCUT2D eigenvalue weighted by Crippen LogP contribution is -2.47.